The van der Waals surface area contributed by atoms with Crippen LogP contribution in [0.5, 0.6) is 0 Å². The number of nitrogens with one attached hydrogen (secondary N) is 1. The first-order valence-corrected chi connectivity index (χ1v) is 6.17. The van der Waals surface area contributed by atoms with Gasteiger partial charge in [-0.1, -0.05) is 13.3 Å². The first-order valence-electron chi connectivity index (χ1n) is 6.17. The third-order valence-electron chi connectivity index (χ3n) is 2.72. The molecule has 5 heteroatoms. The molecule has 0 aliphatic carbocycles. The number of rotatable bonds is 6. The van der Waals surface area contributed by atoms with E-state index < -0.39 is 5.82 Å². The summed E-state index contributed by atoms with van der Waals surface area (Å²) in [5.74, 6) is -0.243. The molecule has 1 rings (SSSR count). The lowest BCUT2D eigenvalue weighted by Crippen LogP contribution is -2.22. The Morgan fingerprint density at radius 2 is 2.17 bits per heavy atom. The maximum absolute atomic E-state index is 12.6. The third kappa shape index (κ3) is 5.23. The average molecular weight is 253 g/mol. The Bertz CT molecular complexity index is 378. The van der Waals surface area contributed by atoms with Crippen molar-refractivity contribution in [1.29, 1.82) is 0 Å². The molecule has 4 nitrogen and oxygen atoms in total. The minimum absolute atomic E-state index is 0.0983. The molecular weight excluding hydrogens is 233 g/mol. The minimum Gasteiger partial charge on any atom is -0.328 e. The number of hydrogen-bond acceptors (Lipinski definition) is 3. The normalized spacial score (nSPS) is 14.0. The van der Waals surface area contributed by atoms with Crippen LogP contribution in [0.4, 0.5) is 10.2 Å². The van der Waals surface area contributed by atoms with Gasteiger partial charge in [-0.25, -0.2) is 9.37 Å². The first kappa shape index (κ1) is 14.6. The molecule has 100 valence electrons. The summed E-state index contributed by atoms with van der Waals surface area (Å²) in [6, 6.07) is 2.88. The molecule has 0 radical (unpaired) electrons. The SMILES string of the molecule is CC(N)CCCC(C)C(=O)Nc1ccc(F)cn1. The van der Waals surface area contributed by atoms with Crippen molar-refractivity contribution in [2.24, 2.45) is 11.7 Å². The largest absolute Gasteiger partial charge is 0.328 e. The monoisotopic (exact) mass is 253 g/mol. The highest BCUT2D eigenvalue weighted by Gasteiger charge is 2.13. The van der Waals surface area contributed by atoms with Gasteiger partial charge in [-0.3, -0.25) is 4.79 Å². The van der Waals surface area contributed by atoms with Gasteiger partial charge in [-0.05, 0) is 31.9 Å². The molecule has 0 aliphatic rings. The second-order valence-corrected chi connectivity index (χ2v) is 4.66. The third-order valence-corrected chi connectivity index (χ3v) is 2.72. The number of aromatic nitrogens is 1. The predicted octanol–water partition coefficient (Wildman–Crippen LogP) is 2.31. The van der Waals surface area contributed by atoms with Crippen LogP contribution in [0.3, 0.4) is 0 Å². The summed E-state index contributed by atoms with van der Waals surface area (Å²) < 4.78 is 12.6. The molecule has 18 heavy (non-hydrogen) atoms. The number of anilines is 1. The summed E-state index contributed by atoms with van der Waals surface area (Å²) in [5.41, 5.74) is 5.65. The minimum atomic E-state index is -0.419. The van der Waals surface area contributed by atoms with Crippen molar-refractivity contribution >= 4 is 11.7 Å². The molecule has 1 aromatic heterocycles. The van der Waals surface area contributed by atoms with Crippen molar-refractivity contribution in [2.45, 2.75) is 39.2 Å². The van der Waals surface area contributed by atoms with Crippen LogP contribution in [-0.4, -0.2) is 16.9 Å². The number of carbonyl (C=O) groups is 1. The van der Waals surface area contributed by atoms with Gasteiger partial charge in [0.1, 0.15) is 11.6 Å². The van der Waals surface area contributed by atoms with Gasteiger partial charge in [-0.15, -0.1) is 0 Å². The highest BCUT2D eigenvalue weighted by molar-refractivity contribution is 5.91. The zero-order chi connectivity index (χ0) is 13.5. The van der Waals surface area contributed by atoms with Gasteiger partial charge in [-0.2, -0.15) is 0 Å². The van der Waals surface area contributed by atoms with Crippen LogP contribution in [0, 0.1) is 11.7 Å². The second-order valence-electron chi connectivity index (χ2n) is 4.66. The second kappa shape index (κ2) is 7.06. The lowest BCUT2D eigenvalue weighted by molar-refractivity contribution is -0.119. The fourth-order valence-corrected chi connectivity index (χ4v) is 1.58. The van der Waals surface area contributed by atoms with Gasteiger partial charge in [0.2, 0.25) is 5.91 Å². The van der Waals surface area contributed by atoms with E-state index in [2.05, 4.69) is 10.3 Å². The fraction of sp³-hybridized carbons (Fsp3) is 0.538. The van der Waals surface area contributed by atoms with Crippen LogP contribution >= 0.6 is 0 Å². The molecule has 0 fully saturated rings. The van der Waals surface area contributed by atoms with Crippen LogP contribution in [0.25, 0.3) is 0 Å². The van der Waals surface area contributed by atoms with E-state index in [-0.39, 0.29) is 17.9 Å². The average Bonchev–Trinajstić information content (AvgIpc) is 2.31. The molecule has 1 heterocycles. The van der Waals surface area contributed by atoms with Gasteiger partial charge in [0.25, 0.3) is 0 Å². The molecule has 3 N–H and O–H groups in total. The summed E-state index contributed by atoms with van der Waals surface area (Å²) in [5, 5.41) is 2.66. The highest BCUT2D eigenvalue weighted by Crippen LogP contribution is 2.12. The van der Waals surface area contributed by atoms with E-state index in [0.717, 1.165) is 25.5 Å². The lowest BCUT2D eigenvalue weighted by atomic mass is 10.0. The molecule has 0 aromatic carbocycles. The van der Waals surface area contributed by atoms with Crippen LogP contribution in [-0.2, 0) is 4.79 Å². The number of pyridine rings is 1. The smallest absolute Gasteiger partial charge is 0.228 e. The Hall–Kier alpha value is -1.49. The van der Waals surface area contributed by atoms with Crippen molar-refractivity contribution in [3.8, 4) is 0 Å². The maximum Gasteiger partial charge on any atom is 0.228 e. The Morgan fingerprint density at radius 1 is 1.44 bits per heavy atom. The number of halogens is 1. The number of nitrogens with zero attached hydrogens (tertiary/aromatic N) is 1. The summed E-state index contributed by atoms with van der Waals surface area (Å²) in [7, 11) is 0. The number of amides is 1. The van der Waals surface area contributed by atoms with Crippen LogP contribution in [0.15, 0.2) is 18.3 Å². The van der Waals surface area contributed by atoms with Gasteiger partial charge in [0.15, 0.2) is 0 Å². The summed E-state index contributed by atoms with van der Waals surface area (Å²) in [6.45, 7) is 3.81. The van der Waals surface area contributed by atoms with E-state index in [1.807, 2.05) is 13.8 Å². The number of carbonyl (C=O) groups excluding carboxylic acids is 1. The topological polar surface area (TPSA) is 68.0 Å². The van der Waals surface area contributed by atoms with Crippen molar-refractivity contribution in [2.75, 3.05) is 5.32 Å². The number of hydrogen-bond donors (Lipinski definition) is 2. The molecular formula is C13H20FN3O. The molecule has 2 atom stereocenters. The van der Waals surface area contributed by atoms with Gasteiger partial charge in [0.05, 0.1) is 6.20 Å². The predicted molar refractivity (Wildman–Crippen MR) is 69.5 cm³/mol. The molecule has 1 aromatic rings. The molecule has 0 bridgehead atoms. The maximum atomic E-state index is 12.6. The van der Waals surface area contributed by atoms with E-state index in [9.17, 15) is 9.18 Å². The molecule has 0 saturated heterocycles. The number of nitrogens with two attached hydrogens (primary N) is 1. The van der Waals surface area contributed by atoms with E-state index in [4.69, 9.17) is 5.73 Å². The van der Waals surface area contributed by atoms with Gasteiger partial charge < -0.3 is 11.1 Å². The molecule has 1 amide bonds. The van der Waals surface area contributed by atoms with Crippen molar-refractivity contribution in [3.05, 3.63) is 24.1 Å². The van der Waals surface area contributed by atoms with Gasteiger partial charge in [0, 0.05) is 12.0 Å². The van der Waals surface area contributed by atoms with Crippen molar-refractivity contribution < 1.29 is 9.18 Å². The van der Waals surface area contributed by atoms with E-state index in [1.54, 1.807) is 0 Å². The van der Waals surface area contributed by atoms with Crippen LogP contribution in [0.1, 0.15) is 33.1 Å². The van der Waals surface area contributed by atoms with Crippen molar-refractivity contribution in [1.82, 2.24) is 4.98 Å². The summed E-state index contributed by atoms with van der Waals surface area (Å²) in [4.78, 5) is 15.6. The first-order chi connectivity index (χ1) is 8.49. The highest BCUT2D eigenvalue weighted by atomic mass is 19.1. The van der Waals surface area contributed by atoms with Crippen molar-refractivity contribution in [3.63, 3.8) is 0 Å². The van der Waals surface area contributed by atoms with E-state index in [1.165, 1.54) is 12.1 Å². The van der Waals surface area contributed by atoms with Gasteiger partial charge >= 0.3 is 0 Å². The zero-order valence-electron chi connectivity index (χ0n) is 10.8. The van der Waals surface area contributed by atoms with E-state index >= 15 is 0 Å². The standard InChI is InChI=1S/C13H20FN3O/c1-9(4-3-5-10(2)15)13(18)17-12-7-6-11(14)8-16-12/h6-10H,3-5,15H2,1-2H3,(H,16,17,18). The Balaban J connectivity index is 2.37. The molecule has 0 saturated carbocycles. The Labute approximate surface area is 107 Å². The molecule has 0 aliphatic heterocycles. The zero-order valence-corrected chi connectivity index (χ0v) is 10.8. The molecule has 0 spiro atoms. The summed E-state index contributed by atoms with van der Waals surface area (Å²) >= 11 is 0. The fourth-order valence-electron chi connectivity index (χ4n) is 1.58. The van der Waals surface area contributed by atoms with Crippen LogP contribution < -0.4 is 11.1 Å². The van der Waals surface area contributed by atoms with E-state index in [0.29, 0.717) is 5.82 Å². The summed E-state index contributed by atoms with van der Waals surface area (Å²) in [6.07, 6.45) is 3.69. The van der Waals surface area contributed by atoms with Crippen LogP contribution in [0.2, 0.25) is 0 Å². The Kier molecular flexibility index (Phi) is 5.71. The quantitative estimate of drug-likeness (QED) is 0.817. The Morgan fingerprint density at radius 3 is 2.72 bits per heavy atom. The molecule has 2 unspecified atom stereocenters. The lowest BCUT2D eigenvalue weighted by Gasteiger charge is -2.12.